The summed E-state index contributed by atoms with van der Waals surface area (Å²) in [6.45, 7) is 6.37. The molecular formula is C16H16N2O2S. The van der Waals surface area contributed by atoms with Crippen molar-refractivity contribution in [1.29, 1.82) is 0 Å². The van der Waals surface area contributed by atoms with E-state index in [1.165, 1.54) is 28.5 Å². The van der Waals surface area contributed by atoms with E-state index in [1.54, 1.807) is 4.40 Å². The summed E-state index contributed by atoms with van der Waals surface area (Å²) in [5, 5.41) is 0. The normalized spacial score (nSPS) is 11.0. The van der Waals surface area contributed by atoms with Gasteiger partial charge in [-0.3, -0.25) is 9.20 Å². The summed E-state index contributed by atoms with van der Waals surface area (Å²) in [4.78, 5) is 18.2. The number of aromatic nitrogens is 2. The quantitative estimate of drug-likeness (QED) is 0.745. The summed E-state index contributed by atoms with van der Waals surface area (Å²) < 4.78 is 7.30. The monoisotopic (exact) mass is 300 g/mol. The first-order valence-electron chi connectivity index (χ1n) is 6.72. The third-order valence-corrected chi connectivity index (χ3v) is 4.30. The summed E-state index contributed by atoms with van der Waals surface area (Å²) in [5.41, 5.74) is 3.00. The molecule has 0 radical (unpaired) electrons. The van der Waals surface area contributed by atoms with Gasteiger partial charge in [-0.15, -0.1) is 11.3 Å². The molecule has 0 unspecified atom stereocenters. The average molecular weight is 300 g/mol. The lowest BCUT2D eigenvalue weighted by atomic mass is 10.1. The highest BCUT2D eigenvalue weighted by molar-refractivity contribution is 7.16. The van der Waals surface area contributed by atoms with Gasteiger partial charge >= 0.3 is 0 Å². The van der Waals surface area contributed by atoms with Crippen molar-refractivity contribution in [2.24, 2.45) is 0 Å². The van der Waals surface area contributed by atoms with Gasteiger partial charge in [0, 0.05) is 17.1 Å². The third-order valence-electron chi connectivity index (χ3n) is 3.40. The summed E-state index contributed by atoms with van der Waals surface area (Å²) in [6.07, 6.45) is 1.81. The Morgan fingerprint density at radius 1 is 1.19 bits per heavy atom. The van der Waals surface area contributed by atoms with Crippen molar-refractivity contribution in [3.05, 3.63) is 62.5 Å². The van der Waals surface area contributed by atoms with Crippen LogP contribution in [0.2, 0.25) is 0 Å². The van der Waals surface area contributed by atoms with Crippen LogP contribution >= 0.6 is 11.3 Å². The van der Waals surface area contributed by atoms with Crippen LogP contribution in [-0.4, -0.2) is 9.38 Å². The number of benzene rings is 1. The fourth-order valence-corrected chi connectivity index (χ4v) is 2.94. The minimum atomic E-state index is -0.0666. The molecule has 0 spiro atoms. The molecule has 0 aliphatic heterocycles. The largest absolute Gasteiger partial charge is 0.487 e. The molecule has 0 N–H and O–H groups in total. The Morgan fingerprint density at radius 3 is 2.76 bits per heavy atom. The molecule has 2 heterocycles. The lowest BCUT2D eigenvalue weighted by Crippen LogP contribution is -2.14. The lowest BCUT2D eigenvalue weighted by molar-refractivity contribution is 0.301. The average Bonchev–Trinajstić information content (AvgIpc) is 2.81. The zero-order chi connectivity index (χ0) is 15.0. The number of hydrogen-bond acceptors (Lipinski definition) is 4. The van der Waals surface area contributed by atoms with E-state index < -0.39 is 0 Å². The molecular weight excluding hydrogens is 284 g/mol. The summed E-state index contributed by atoms with van der Waals surface area (Å²) >= 11 is 1.50. The Labute approximate surface area is 126 Å². The van der Waals surface area contributed by atoms with Crippen molar-refractivity contribution >= 4 is 16.3 Å². The van der Waals surface area contributed by atoms with Gasteiger partial charge in [0.15, 0.2) is 4.96 Å². The Bertz CT molecular complexity index is 864. The SMILES string of the molecule is Cc1cn2c(=O)cc(COc3ccc(C)c(C)c3)nc2s1. The van der Waals surface area contributed by atoms with Crippen LogP contribution in [0.25, 0.3) is 4.96 Å². The van der Waals surface area contributed by atoms with Crippen molar-refractivity contribution in [1.82, 2.24) is 9.38 Å². The number of hydrogen-bond donors (Lipinski definition) is 0. The fraction of sp³-hybridized carbons (Fsp3) is 0.250. The van der Waals surface area contributed by atoms with Gasteiger partial charge in [-0.1, -0.05) is 6.07 Å². The predicted octanol–water partition coefficient (Wildman–Crippen LogP) is 3.26. The topological polar surface area (TPSA) is 43.6 Å². The zero-order valence-electron chi connectivity index (χ0n) is 12.2. The maximum Gasteiger partial charge on any atom is 0.258 e. The van der Waals surface area contributed by atoms with Gasteiger partial charge in [0.05, 0.1) is 5.69 Å². The maximum absolute atomic E-state index is 12.0. The molecule has 0 saturated carbocycles. The number of thiazole rings is 1. The van der Waals surface area contributed by atoms with Gasteiger partial charge in [0.1, 0.15) is 12.4 Å². The molecule has 0 aliphatic rings. The van der Waals surface area contributed by atoms with E-state index in [0.29, 0.717) is 17.3 Å². The molecule has 108 valence electrons. The van der Waals surface area contributed by atoms with Crippen LogP contribution in [0.4, 0.5) is 0 Å². The molecule has 0 aliphatic carbocycles. The maximum atomic E-state index is 12.0. The molecule has 2 aromatic heterocycles. The minimum absolute atomic E-state index is 0.0666. The van der Waals surface area contributed by atoms with E-state index >= 15 is 0 Å². The molecule has 0 saturated heterocycles. The molecule has 5 heteroatoms. The van der Waals surface area contributed by atoms with Gasteiger partial charge in [0.25, 0.3) is 5.56 Å². The summed E-state index contributed by atoms with van der Waals surface area (Å²) in [7, 11) is 0. The van der Waals surface area contributed by atoms with Crippen molar-refractivity contribution in [3.8, 4) is 5.75 Å². The summed E-state index contributed by atoms with van der Waals surface area (Å²) in [5.74, 6) is 0.794. The van der Waals surface area contributed by atoms with Crippen LogP contribution in [0.1, 0.15) is 21.7 Å². The highest BCUT2D eigenvalue weighted by atomic mass is 32.1. The van der Waals surface area contributed by atoms with E-state index in [4.69, 9.17) is 4.74 Å². The predicted molar refractivity (Wildman–Crippen MR) is 84.3 cm³/mol. The van der Waals surface area contributed by atoms with E-state index in [9.17, 15) is 4.79 Å². The van der Waals surface area contributed by atoms with Crippen LogP contribution in [0, 0.1) is 20.8 Å². The fourth-order valence-electron chi connectivity index (χ4n) is 2.09. The molecule has 21 heavy (non-hydrogen) atoms. The second kappa shape index (κ2) is 5.33. The lowest BCUT2D eigenvalue weighted by Gasteiger charge is -2.08. The van der Waals surface area contributed by atoms with Crippen molar-refractivity contribution in [2.45, 2.75) is 27.4 Å². The Balaban J connectivity index is 1.84. The van der Waals surface area contributed by atoms with Crippen LogP contribution in [0.5, 0.6) is 5.75 Å². The van der Waals surface area contributed by atoms with Crippen molar-refractivity contribution in [2.75, 3.05) is 0 Å². The standard InChI is InChI=1S/C16H16N2O2S/c1-10-4-5-14(6-11(10)2)20-9-13-7-15(19)18-8-12(3)21-16(18)17-13/h4-8H,9H2,1-3H3. The third kappa shape index (κ3) is 2.83. The van der Waals surface area contributed by atoms with E-state index in [1.807, 2.05) is 38.2 Å². The molecule has 0 fully saturated rings. The summed E-state index contributed by atoms with van der Waals surface area (Å²) in [6, 6.07) is 7.48. The molecule has 3 rings (SSSR count). The van der Waals surface area contributed by atoms with Crippen LogP contribution in [-0.2, 0) is 6.61 Å². The Kier molecular flexibility index (Phi) is 3.51. The molecule has 0 atom stereocenters. The van der Waals surface area contributed by atoms with E-state index in [-0.39, 0.29) is 5.56 Å². The van der Waals surface area contributed by atoms with Gasteiger partial charge in [0.2, 0.25) is 0 Å². The van der Waals surface area contributed by atoms with Gasteiger partial charge in [-0.25, -0.2) is 4.98 Å². The molecule has 1 aromatic carbocycles. The minimum Gasteiger partial charge on any atom is -0.487 e. The van der Waals surface area contributed by atoms with Gasteiger partial charge in [-0.2, -0.15) is 0 Å². The smallest absolute Gasteiger partial charge is 0.258 e. The molecule has 0 amide bonds. The van der Waals surface area contributed by atoms with Gasteiger partial charge in [-0.05, 0) is 44.0 Å². The first-order chi connectivity index (χ1) is 10.0. The zero-order valence-corrected chi connectivity index (χ0v) is 13.0. The molecule has 0 bridgehead atoms. The van der Waals surface area contributed by atoms with E-state index in [0.717, 1.165) is 10.6 Å². The van der Waals surface area contributed by atoms with Crippen LogP contribution < -0.4 is 10.3 Å². The Hall–Kier alpha value is -2.14. The number of nitrogens with zero attached hydrogens (tertiary/aromatic N) is 2. The van der Waals surface area contributed by atoms with Crippen LogP contribution in [0.3, 0.4) is 0 Å². The van der Waals surface area contributed by atoms with Crippen molar-refractivity contribution in [3.63, 3.8) is 0 Å². The molecule has 3 aromatic rings. The number of fused-ring (bicyclic) bond motifs is 1. The van der Waals surface area contributed by atoms with Crippen molar-refractivity contribution < 1.29 is 4.74 Å². The first-order valence-corrected chi connectivity index (χ1v) is 7.53. The number of rotatable bonds is 3. The van der Waals surface area contributed by atoms with E-state index in [2.05, 4.69) is 11.9 Å². The molecule has 4 nitrogen and oxygen atoms in total. The highest BCUT2D eigenvalue weighted by Gasteiger charge is 2.06. The Morgan fingerprint density at radius 2 is 2.00 bits per heavy atom. The van der Waals surface area contributed by atoms with Crippen LogP contribution in [0.15, 0.2) is 35.3 Å². The number of ether oxygens (including phenoxy) is 1. The number of aryl methyl sites for hydroxylation is 3. The first kappa shape index (κ1) is 13.8. The highest BCUT2D eigenvalue weighted by Crippen LogP contribution is 2.18. The second-order valence-electron chi connectivity index (χ2n) is 5.11. The second-order valence-corrected chi connectivity index (χ2v) is 6.33. The van der Waals surface area contributed by atoms with Gasteiger partial charge < -0.3 is 4.74 Å².